The summed E-state index contributed by atoms with van der Waals surface area (Å²) in [4.78, 5) is 12.3. The van der Waals surface area contributed by atoms with Crippen molar-refractivity contribution in [3.05, 3.63) is 0 Å². The second-order valence-electron chi connectivity index (χ2n) is 3.00. The molecule has 11 heavy (non-hydrogen) atoms. The molecule has 1 rings (SSSR count). The second kappa shape index (κ2) is 3.57. The average molecular weight is 158 g/mol. The molecule has 1 heterocycles. The van der Waals surface area contributed by atoms with Crippen molar-refractivity contribution >= 4 is 6.09 Å². The lowest BCUT2D eigenvalue weighted by molar-refractivity contribution is 0.0898. The van der Waals surface area contributed by atoms with Gasteiger partial charge in [0.25, 0.3) is 0 Å². The molecule has 0 saturated carbocycles. The van der Waals surface area contributed by atoms with E-state index in [0.29, 0.717) is 12.5 Å². The maximum Gasteiger partial charge on any atom is 0.409 e. The van der Waals surface area contributed by atoms with Gasteiger partial charge >= 0.3 is 6.09 Å². The summed E-state index contributed by atoms with van der Waals surface area (Å²) >= 11 is 0. The number of amides is 1. The molecule has 1 aliphatic rings. The van der Waals surface area contributed by atoms with Crippen molar-refractivity contribution in [3.8, 4) is 0 Å². The van der Waals surface area contributed by atoms with Gasteiger partial charge in [0, 0.05) is 33.1 Å². The summed E-state index contributed by atoms with van der Waals surface area (Å²) in [6.07, 6.45) is -0.253. The van der Waals surface area contributed by atoms with Crippen molar-refractivity contribution in [2.24, 2.45) is 5.92 Å². The molecule has 0 atom stereocenters. The first-order valence-electron chi connectivity index (χ1n) is 3.75. The van der Waals surface area contributed by atoms with Gasteiger partial charge < -0.3 is 15.0 Å². The minimum atomic E-state index is -0.253. The number of carbonyl (C=O) groups is 1. The minimum absolute atomic E-state index is 0.253. The molecule has 4 heteroatoms. The second-order valence-corrected chi connectivity index (χ2v) is 3.00. The molecule has 1 saturated heterocycles. The standard InChI is InChI=1S/C7H14N2O2/c1-9(2)7(10)11-5-6-3-8-4-6/h6,8H,3-5H2,1-2H3. The Balaban J connectivity index is 2.06. The van der Waals surface area contributed by atoms with Crippen LogP contribution in [0.2, 0.25) is 0 Å². The molecule has 1 amide bonds. The van der Waals surface area contributed by atoms with Crippen molar-refractivity contribution in [2.75, 3.05) is 33.8 Å². The van der Waals surface area contributed by atoms with Crippen LogP contribution in [-0.2, 0) is 4.74 Å². The van der Waals surface area contributed by atoms with Crippen molar-refractivity contribution in [1.29, 1.82) is 0 Å². The largest absolute Gasteiger partial charge is 0.449 e. The van der Waals surface area contributed by atoms with E-state index in [-0.39, 0.29) is 6.09 Å². The third kappa shape index (κ3) is 2.38. The van der Waals surface area contributed by atoms with Crippen LogP contribution in [0, 0.1) is 5.92 Å². The maximum absolute atomic E-state index is 10.9. The molecule has 4 nitrogen and oxygen atoms in total. The Bertz CT molecular complexity index is 143. The molecule has 0 spiro atoms. The van der Waals surface area contributed by atoms with Gasteiger partial charge in [-0.1, -0.05) is 0 Å². The molecule has 1 N–H and O–H groups in total. The maximum atomic E-state index is 10.9. The highest BCUT2D eigenvalue weighted by molar-refractivity contribution is 5.66. The van der Waals surface area contributed by atoms with Crippen molar-refractivity contribution < 1.29 is 9.53 Å². The fraction of sp³-hybridized carbons (Fsp3) is 0.857. The lowest BCUT2D eigenvalue weighted by Gasteiger charge is -2.26. The van der Waals surface area contributed by atoms with E-state index in [0.717, 1.165) is 13.1 Å². The van der Waals surface area contributed by atoms with E-state index in [4.69, 9.17) is 4.74 Å². The number of nitrogens with one attached hydrogen (secondary N) is 1. The van der Waals surface area contributed by atoms with E-state index in [2.05, 4.69) is 5.32 Å². The van der Waals surface area contributed by atoms with Gasteiger partial charge in [0.2, 0.25) is 0 Å². The number of nitrogens with zero attached hydrogens (tertiary/aromatic N) is 1. The van der Waals surface area contributed by atoms with Crippen LogP contribution < -0.4 is 5.32 Å². The quantitative estimate of drug-likeness (QED) is 0.610. The first-order chi connectivity index (χ1) is 5.20. The molecule has 0 unspecified atom stereocenters. The molecular formula is C7H14N2O2. The van der Waals surface area contributed by atoms with Gasteiger partial charge in [-0.15, -0.1) is 0 Å². The van der Waals surface area contributed by atoms with Crippen LogP contribution >= 0.6 is 0 Å². The zero-order valence-corrected chi connectivity index (χ0v) is 6.96. The van der Waals surface area contributed by atoms with Crippen LogP contribution in [-0.4, -0.2) is 44.8 Å². The van der Waals surface area contributed by atoms with E-state index >= 15 is 0 Å². The Morgan fingerprint density at radius 2 is 2.27 bits per heavy atom. The van der Waals surface area contributed by atoms with Gasteiger partial charge in [0.05, 0.1) is 6.61 Å². The summed E-state index contributed by atoms with van der Waals surface area (Å²) in [5.74, 6) is 0.527. The molecule has 0 aliphatic carbocycles. The molecule has 0 aromatic carbocycles. The smallest absolute Gasteiger partial charge is 0.409 e. The fourth-order valence-electron chi connectivity index (χ4n) is 0.785. The number of rotatable bonds is 2. The van der Waals surface area contributed by atoms with Crippen LogP contribution in [0.15, 0.2) is 0 Å². The van der Waals surface area contributed by atoms with Gasteiger partial charge in [-0.3, -0.25) is 0 Å². The van der Waals surface area contributed by atoms with E-state index in [1.54, 1.807) is 14.1 Å². The molecule has 1 fully saturated rings. The molecule has 0 aromatic heterocycles. The van der Waals surface area contributed by atoms with Gasteiger partial charge in [0.1, 0.15) is 0 Å². The van der Waals surface area contributed by atoms with E-state index < -0.39 is 0 Å². The van der Waals surface area contributed by atoms with Gasteiger partial charge in [-0.05, 0) is 0 Å². The Morgan fingerprint density at radius 1 is 1.64 bits per heavy atom. The molecule has 64 valence electrons. The molecular weight excluding hydrogens is 144 g/mol. The number of ether oxygens (including phenoxy) is 1. The summed E-state index contributed by atoms with van der Waals surface area (Å²) < 4.78 is 4.95. The van der Waals surface area contributed by atoms with Crippen LogP contribution in [0.3, 0.4) is 0 Å². The monoisotopic (exact) mass is 158 g/mol. The van der Waals surface area contributed by atoms with Gasteiger partial charge in [0.15, 0.2) is 0 Å². The zero-order valence-electron chi connectivity index (χ0n) is 6.96. The zero-order chi connectivity index (χ0) is 8.27. The first kappa shape index (κ1) is 8.33. The molecule has 0 radical (unpaired) electrons. The van der Waals surface area contributed by atoms with Crippen LogP contribution in [0.25, 0.3) is 0 Å². The van der Waals surface area contributed by atoms with Crippen molar-refractivity contribution in [1.82, 2.24) is 10.2 Å². The summed E-state index contributed by atoms with van der Waals surface area (Å²) in [5, 5.41) is 3.11. The summed E-state index contributed by atoms with van der Waals surface area (Å²) in [6, 6.07) is 0. The number of carbonyl (C=O) groups excluding carboxylic acids is 1. The first-order valence-corrected chi connectivity index (χ1v) is 3.75. The predicted octanol–water partition coefficient (Wildman–Crippen LogP) is -0.0960. The van der Waals surface area contributed by atoms with Crippen LogP contribution in [0.4, 0.5) is 4.79 Å². The normalized spacial score (nSPS) is 17.3. The fourth-order valence-corrected chi connectivity index (χ4v) is 0.785. The van der Waals surface area contributed by atoms with E-state index in [1.165, 1.54) is 4.90 Å². The third-order valence-corrected chi connectivity index (χ3v) is 1.67. The Hall–Kier alpha value is -0.770. The highest BCUT2D eigenvalue weighted by Crippen LogP contribution is 2.03. The molecule has 0 aromatic rings. The van der Waals surface area contributed by atoms with Crippen LogP contribution in [0.1, 0.15) is 0 Å². The number of hydrogen-bond donors (Lipinski definition) is 1. The topological polar surface area (TPSA) is 41.6 Å². The minimum Gasteiger partial charge on any atom is -0.449 e. The Labute approximate surface area is 66.5 Å². The van der Waals surface area contributed by atoms with Crippen LogP contribution in [0.5, 0.6) is 0 Å². The number of hydrogen-bond acceptors (Lipinski definition) is 3. The van der Waals surface area contributed by atoms with Gasteiger partial charge in [-0.2, -0.15) is 0 Å². The molecule has 0 bridgehead atoms. The van der Waals surface area contributed by atoms with Gasteiger partial charge in [-0.25, -0.2) is 4.79 Å². The SMILES string of the molecule is CN(C)C(=O)OCC1CNC1. The summed E-state index contributed by atoms with van der Waals surface area (Å²) in [6.45, 7) is 2.49. The Morgan fingerprint density at radius 3 is 2.64 bits per heavy atom. The lowest BCUT2D eigenvalue weighted by Crippen LogP contribution is -2.45. The predicted molar refractivity (Wildman–Crippen MR) is 41.4 cm³/mol. The lowest BCUT2D eigenvalue weighted by atomic mass is 10.1. The van der Waals surface area contributed by atoms with E-state index in [1.807, 2.05) is 0 Å². The summed E-state index contributed by atoms with van der Waals surface area (Å²) in [7, 11) is 3.36. The highest BCUT2D eigenvalue weighted by atomic mass is 16.6. The third-order valence-electron chi connectivity index (χ3n) is 1.67. The van der Waals surface area contributed by atoms with Crippen molar-refractivity contribution in [3.63, 3.8) is 0 Å². The van der Waals surface area contributed by atoms with Crippen molar-refractivity contribution in [2.45, 2.75) is 0 Å². The summed E-state index contributed by atoms with van der Waals surface area (Å²) in [5.41, 5.74) is 0. The van der Waals surface area contributed by atoms with E-state index in [9.17, 15) is 4.79 Å². The molecule has 1 aliphatic heterocycles. The highest BCUT2D eigenvalue weighted by Gasteiger charge is 2.18. The average Bonchev–Trinajstić information content (AvgIpc) is 1.83. The Kier molecular flexibility index (Phi) is 2.70.